The van der Waals surface area contributed by atoms with Crippen LogP contribution in [0.4, 0.5) is 4.39 Å². The molecular weight excluding hydrogens is 247 g/mol. The van der Waals surface area contributed by atoms with Crippen LogP contribution in [0.5, 0.6) is 0 Å². The highest BCUT2D eigenvalue weighted by Crippen LogP contribution is 2.27. The molecule has 0 amide bonds. The summed E-state index contributed by atoms with van der Waals surface area (Å²) in [5.41, 5.74) is 0.129. The van der Waals surface area contributed by atoms with E-state index in [1.165, 1.54) is 12.1 Å². The Bertz CT molecular complexity index is 326. The van der Waals surface area contributed by atoms with E-state index in [1.807, 2.05) is 0 Å². The summed E-state index contributed by atoms with van der Waals surface area (Å²) in [7, 11) is 1.58. The van der Waals surface area contributed by atoms with Crippen molar-refractivity contribution in [3.8, 4) is 0 Å². The molecule has 0 aliphatic heterocycles. The normalized spacial score (nSPS) is 12.7. The lowest BCUT2D eigenvalue weighted by atomic mass is 10.1. The Morgan fingerprint density at radius 2 is 2.12 bits per heavy atom. The fraction of sp³-hybridized carbons (Fsp3) is 0.500. The van der Waals surface area contributed by atoms with Gasteiger partial charge in [-0.1, -0.05) is 17.7 Å². The van der Waals surface area contributed by atoms with Gasteiger partial charge in [-0.25, -0.2) is 4.39 Å². The maximum atomic E-state index is 13.4. The fourth-order valence-corrected chi connectivity index (χ4v) is 1.70. The van der Waals surface area contributed by atoms with E-state index < -0.39 is 11.9 Å². The number of rotatable bonds is 7. The van der Waals surface area contributed by atoms with Gasteiger partial charge in [0.2, 0.25) is 0 Å². The van der Waals surface area contributed by atoms with Crippen LogP contribution >= 0.6 is 11.6 Å². The minimum atomic E-state index is -0.953. The number of benzene rings is 1. The number of aliphatic hydroxyl groups excluding tert-OH is 1. The maximum absolute atomic E-state index is 13.4. The van der Waals surface area contributed by atoms with Gasteiger partial charge in [0.05, 0.1) is 19.3 Å². The minimum absolute atomic E-state index is 0.129. The van der Waals surface area contributed by atoms with E-state index in [1.54, 1.807) is 13.2 Å². The van der Waals surface area contributed by atoms with Crippen LogP contribution in [-0.4, -0.2) is 32.0 Å². The van der Waals surface area contributed by atoms with Crippen molar-refractivity contribution in [3.63, 3.8) is 0 Å². The molecule has 0 saturated carbocycles. The second-order valence-electron chi connectivity index (χ2n) is 3.54. The van der Waals surface area contributed by atoms with Crippen LogP contribution < -0.4 is 0 Å². The number of hydrogen-bond donors (Lipinski definition) is 1. The molecule has 1 atom stereocenters. The molecule has 0 aliphatic rings. The molecule has 0 spiro atoms. The molecule has 3 nitrogen and oxygen atoms in total. The van der Waals surface area contributed by atoms with E-state index >= 15 is 0 Å². The van der Waals surface area contributed by atoms with E-state index in [0.29, 0.717) is 26.2 Å². The molecule has 0 radical (unpaired) electrons. The summed E-state index contributed by atoms with van der Waals surface area (Å²) in [5.74, 6) is -0.498. The van der Waals surface area contributed by atoms with E-state index in [9.17, 15) is 9.50 Å². The summed E-state index contributed by atoms with van der Waals surface area (Å²) in [6, 6.07) is 4.33. The number of ether oxygens (including phenoxy) is 2. The van der Waals surface area contributed by atoms with Gasteiger partial charge in [0, 0.05) is 30.7 Å². The van der Waals surface area contributed by atoms with Gasteiger partial charge in [-0.15, -0.1) is 0 Å². The Morgan fingerprint density at radius 1 is 1.35 bits per heavy atom. The zero-order valence-corrected chi connectivity index (χ0v) is 10.4. The largest absolute Gasteiger partial charge is 0.388 e. The number of hydrogen-bond acceptors (Lipinski definition) is 3. The smallest absolute Gasteiger partial charge is 0.130 e. The highest BCUT2D eigenvalue weighted by Gasteiger charge is 2.16. The van der Waals surface area contributed by atoms with Crippen molar-refractivity contribution >= 4 is 11.6 Å². The quantitative estimate of drug-likeness (QED) is 0.768. The van der Waals surface area contributed by atoms with Gasteiger partial charge in [-0.3, -0.25) is 0 Å². The summed E-state index contributed by atoms with van der Waals surface area (Å²) in [6.07, 6.45) is -0.657. The SMILES string of the molecule is COCCOCCC(O)c1c(F)cccc1Cl. The predicted octanol–water partition coefficient (Wildman–Crippen LogP) is 2.57. The lowest BCUT2D eigenvalue weighted by Gasteiger charge is -2.13. The molecule has 5 heteroatoms. The Kier molecular flexibility index (Phi) is 6.44. The summed E-state index contributed by atoms with van der Waals surface area (Å²) >= 11 is 5.83. The minimum Gasteiger partial charge on any atom is -0.388 e. The van der Waals surface area contributed by atoms with Crippen molar-refractivity contribution in [1.29, 1.82) is 0 Å². The molecule has 17 heavy (non-hydrogen) atoms. The van der Waals surface area contributed by atoms with Crippen molar-refractivity contribution in [3.05, 3.63) is 34.6 Å². The first kappa shape index (κ1) is 14.4. The second kappa shape index (κ2) is 7.61. The Balaban J connectivity index is 2.44. The Morgan fingerprint density at radius 3 is 2.76 bits per heavy atom. The summed E-state index contributed by atoms with van der Waals surface area (Å²) in [4.78, 5) is 0. The molecule has 1 aromatic rings. The first-order valence-electron chi connectivity index (χ1n) is 5.35. The van der Waals surface area contributed by atoms with Gasteiger partial charge in [-0.2, -0.15) is 0 Å². The van der Waals surface area contributed by atoms with E-state index in [-0.39, 0.29) is 10.6 Å². The van der Waals surface area contributed by atoms with Crippen LogP contribution in [0.1, 0.15) is 18.1 Å². The van der Waals surface area contributed by atoms with Crippen LogP contribution in [0.2, 0.25) is 5.02 Å². The highest BCUT2D eigenvalue weighted by atomic mass is 35.5. The predicted molar refractivity (Wildman–Crippen MR) is 63.7 cm³/mol. The van der Waals surface area contributed by atoms with Gasteiger partial charge < -0.3 is 14.6 Å². The van der Waals surface area contributed by atoms with Crippen molar-refractivity contribution in [1.82, 2.24) is 0 Å². The molecule has 0 saturated heterocycles. The van der Waals surface area contributed by atoms with Gasteiger partial charge >= 0.3 is 0 Å². The maximum Gasteiger partial charge on any atom is 0.130 e. The van der Waals surface area contributed by atoms with Gasteiger partial charge in [0.1, 0.15) is 5.82 Å². The summed E-state index contributed by atoms with van der Waals surface area (Å²) in [6.45, 7) is 1.28. The molecule has 0 fully saturated rings. The van der Waals surface area contributed by atoms with Crippen LogP contribution in [0.3, 0.4) is 0 Å². The third-order valence-corrected chi connectivity index (χ3v) is 2.63. The molecule has 1 rings (SSSR count). The van der Waals surface area contributed by atoms with E-state index in [0.717, 1.165) is 0 Å². The monoisotopic (exact) mass is 262 g/mol. The molecular formula is C12H16ClFO3. The molecule has 0 aliphatic carbocycles. The summed E-state index contributed by atoms with van der Waals surface area (Å²) in [5, 5.41) is 10.0. The number of methoxy groups -OCH3 is 1. The van der Waals surface area contributed by atoms with Crippen molar-refractivity contribution in [2.75, 3.05) is 26.9 Å². The molecule has 0 bridgehead atoms. The van der Waals surface area contributed by atoms with Gasteiger partial charge in [0.15, 0.2) is 0 Å². The molecule has 0 heterocycles. The average Bonchev–Trinajstić information content (AvgIpc) is 2.28. The van der Waals surface area contributed by atoms with Crippen LogP contribution in [0.25, 0.3) is 0 Å². The van der Waals surface area contributed by atoms with E-state index in [2.05, 4.69) is 0 Å². The van der Waals surface area contributed by atoms with Crippen LogP contribution in [-0.2, 0) is 9.47 Å². The fourth-order valence-electron chi connectivity index (χ4n) is 1.41. The highest BCUT2D eigenvalue weighted by molar-refractivity contribution is 6.31. The standard InChI is InChI=1S/C12H16ClFO3/c1-16-7-8-17-6-5-11(15)12-9(13)3-2-4-10(12)14/h2-4,11,15H,5-8H2,1H3. The molecule has 1 aromatic carbocycles. The summed E-state index contributed by atoms with van der Waals surface area (Å²) < 4.78 is 23.4. The second-order valence-corrected chi connectivity index (χ2v) is 3.95. The molecule has 0 aromatic heterocycles. The topological polar surface area (TPSA) is 38.7 Å². The van der Waals surface area contributed by atoms with Crippen LogP contribution in [0, 0.1) is 5.82 Å². The van der Waals surface area contributed by atoms with Crippen LogP contribution in [0.15, 0.2) is 18.2 Å². The Labute approximate surface area is 105 Å². The van der Waals surface area contributed by atoms with Gasteiger partial charge in [0.25, 0.3) is 0 Å². The molecule has 96 valence electrons. The van der Waals surface area contributed by atoms with Crippen molar-refractivity contribution in [2.24, 2.45) is 0 Å². The molecule has 1 unspecified atom stereocenters. The average molecular weight is 263 g/mol. The lowest BCUT2D eigenvalue weighted by molar-refractivity contribution is 0.0468. The van der Waals surface area contributed by atoms with Crippen molar-refractivity contribution < 1.29 is 19.0 Å². The van der Waals surface area contributed by atoms with Gasteiger partial charge in [-0.05, 0) is 12.1 Å². The first-order valence-corrected chi connectivity index (χ1v) is 5.73. The Hall–Kier alpha value is -0.680. The zero-order chi connectivity index (χ0) is 12.7. The lowest BCUT2D eigenvalue weighted by Crippen LogP contribution is -2.08. The number of halogens is 2. The third-order valence-electron chi connectivity index (χ3n) is 2.30. The first-order chi connectivity index (χ1) is 8.16. The third kappa shape index (κ3) is 4.60. The van der Waals surface area contributed by atoms with E-state index in [4.69, 9.17) is 21.1 Å². The van der Waals surface area contributed by atoms with Crippen molar-refractivity contribution in [2.45, 2.75) is 12.5 Å². The number of aliphatic hydroxyl groups is 1. The zero-order valence-electron chi connectivity index (χ0n) is 9.66. The molecule has 1 N–H and O–H groups in total.